The van der Waals surface area contributed by atoms with E-state index in [1.54, 1.807) is 0 Å². The van der Waals surface area contributed by atoms with Crippen LogP contribution in [0.5, 0.6) is 0 Å². The maximum absolute atomic E-state index is 11.3. The van der Waals surface area contributed by atoms with Crippen LogP contribution in [0.2, 0.25) is 0 Å². The first-order chi connectivity index (χ1) is 9.17. The van der Waals surface area contributed by atoms with Crippen molar-refractivity contribution in [3.63, 3.8) is 0 Å². The van der Waals surface area contributed by atoms with Gasteiger partial charge in [0, 0.05) is 16.8 Å². The molecule has 0 saturated carbocycles. The molecule has 104 valence electrons. The van der Waals surface area contributed by atoms with E-state index in [9.17, 15) is 14.9 Å². The van der Waals surface area contributed by atoms with Gasteiger partial charge in [0.05, 0.1) is 0 Å². The van der Waals surface area contributed by atoms with Crippen molar-refractivity contribution in [2.24, 2.45) is 11.8 Å². The lowest BCUT2D eigenvalue weighted by atomic mass is 9.84. The fraction of sp³-hybridized carbons (Fsp3) is 0.533. The second kappa shape index (κ2) is 8.40. The second-order valence-corrected chi connectivity index (χ2v) is 4.91. The summed E-state index contributed by atoms with van der Waals surface area (Å²) in [6, 6.07) is 9.68. The molecule has 0 fully saturated rings. The highest BCUT2D eigenvalue weighted by atomic mass is 16.6. The van der Waals surface area contributed by atoms with Crippen molar-refractivity contribution in [1.29, 1.82) is 0 Å². The minimum absolute atomic E-state index is 0.115. The minimum Gasteiger partial charge on any atom is -0.303 e. The zero-order valence-electron chi connectivity index (χ0n) is 11.3. The molecule has 0 aliphatic carbocycles. The zero-order valence-corrected chi connectivity index (χ0v) is 11.3. The van der Waals surface area contributed by atoms with Crippen LogP contribution in [0.1, 0.15) is 31.7 Å². The first kappa shape index (κ1) is 15.3. The Labute approximate surface area is 114 Å². The fourth-order valence-electron chi connectivity index (χ4n) is 2.31. The summed E-state index contributed by atoms with van der Waals surface area (Å²) in [7, 11) is 0. The van der Waals surface area contributed by atoms with Gasteiger partial charge in [-0.1, -0.05) is 50.1 Å². The van der Waals surface area contributed by atoms with Crippen LogP contribution in [0, 0.1) is 22.0 Å². The van der Waals surface area contributed by atoms with Gasteiger partial charge in [0.2, 0.25) is 6.54 Å². The van der Waals surface area contributed by atoms with Crippen LogP contribution in [0.4, 0.5) is 0 Å². The van der Waals surface area contributed by atoms with Crippen molar-refractivity contribution in [1.82, 2.24) is 0 Å². The number of hydrogen-bond acceptors (Lipinski definition) is 3. The van der Waals surface area contributed by atoms with Crippen molar-refractivity contribution in [3.05, 3.63) is 46.0 Å². The van der Waals surface area contributed by atoms with Gasteiger partial charge in [0.15, 0.2) is 0 Å². The molecule has 1 rings (SSSR count). The molecule has 0 N–H and O–H groups in total. The Balaban J connectivity index is 2.71. The van der Waals surface area contributed by atoms with Crippen LogP contribution >= 0.6 is 0 Å². The molecule has 0 bridgehead atoms. The maximum Gasteiger partial charge on any atom is 0.207 e. The van der Waals surface area contributed by atoms with E-state index in [0.717, 1.165) is 31.1 Å². The third-order valence-electron chi connectivity index (χ3n) is 3.41. The number of rotatable bonds is 9. The van der Waals surface area contributed by atoms with E-state index >= 15 is 0 Å². The number of benzene rings is 1. The smallest absolute Gasteiger partial charge is 0.207 e. The topological polar surface area (TPSA) is 60.2 Å². The van der Waals surface area contributed by atoms with Crippen LogP contribution in [-0.2, 0) is 11.2 Å². The predicted molar refractivity (Wildman–Crippen MR) is 74.6 cm³/mol. The Hall–Kier alpha value is -1.71. The van der Waals surface area contributed by atoms with Crippen molar-refractivity contribution in [2.45, 2.75) is 32.6 Å². The number of hydrogen-bond donors (Lipinski definition) is 0. The van der Waals surface area contributed by atoms with Crippen molar-refractivity contribution >= 4 is 6.29 Å². The van der Waals surface area contributed by atoms with Crippen LogP contribution < -0.4 is 0 Å². The number of carbonyl (C=O) groups excluding carboxylic acids is 1. The number of nitrogens with zero attached hydrogens (tertiary/aromatic N) is 1. The maximum atomic E-state index is 11.3. The quantitative estimate of drug-likeness (QED) is 0.390. The molecule has 0 heterocycles. The monoisotopic (exact) mass is 263 g/mol. The molecule has 4 heteroatoms. The summed E-state index contributed by atoms with van der Waals surface area (Å²) in [5, 5.41) is 10.7. The molecule has 0 aromatic heterocycles. The van der Waals surface area contributed by atoms with Gasteiger partial charge in [0.1, 0.15) is 6.29 Å². The summed E-state index contributed by atoms with van der Waals surface area (Å²) in [6.45, 7) is 1.94. The highest BCUT2D eigenvalue weighted by Gasteiger charge is 2.25. The van der Waals surface area contributed by atoms with E-state index in [1.165, 1.54) is 0 Å². The molecule has 0 amide bonds. The van der Waals surface area contributed by atoms with Crippen molar-refractivity contribution in [3.8, 4) is 0 Å². The summed E-state index contributed by atoms with van der Waals surface area (Å²) in [5.41, 5.74) is 1.06. The molecule has 19 heavy (non-hydrogen) atoms. The lowest BCUT2D eigenvalue weighted by Crippen LogP contribution is -2.26. The van der Waals surface area contributed by atoms with Gasteiger partial charge in [0.25, 0.3) is 0 Å². The molecule has 1 aromatic rings. The molecule has 0 spiro atoms. The van der Waals surface area contributed by atoms with Gasteiger partial charge in [-0.3, -0.25) is 10.1 Å². The fourth-order valence-corrected chi connectivity index (χ4v) is 2.31. The van der Waals surface area contributed by atoms with Crippen LogP contribution in [-0.4, -0.2) is 17.8 Å². The van der Waals surface area contributed by atoms with Crippen LogP contribution in [0.3, 0.4) is 0 Å². The minimum atomic E-state index is -0.304. The van der Waals surface area contributed by atoms with Gasteiger partial charge in [-0.15, -0.1) is 0 Å². The Bertz CT molecular complexity index is 392. The van der Waals surface area contributed by atoms with Gasteiger partial charge < -0.3 is 4.79 Å². The van der Waals surface area contributed by atoms with E-state index in [4.69, 9.17) is 0 Å². The van der Waals surface area contributed by atoms with E-state index in [-0.39, 0.29) is 23.3 Å². The molecule has 0 aliphatic heterocycles. The molecule has 4 nitrogen and oxygen atoms in total. The molecule has 0 aliphatic rings. The standard InChI is InChI=1S/C15H21NO3/c1-2-3-9-14(11-16(18)19)15(12-17)10-13-7-5-4-6-8-13/h4-8,12,14-15H,2-3,9-11H2,1H3/t14-,15-/m0/s1. The van der Waals surface area contributed by atoms with E-state index in [0.29, 0.717) is 6.42 Å². The second-order valence-electron chi connectivity index (χ2n) is 4.91. The van der Waals surface area contributed by atoms with Crippen molar-refractivity contribution < 1.29 is 9.72 Å². The van der Waals surface area contributed by atoms with E-state index in [2.05, 4.69) is 6.92 Å². The van der Waals surface area contributed by atoms with Crippen LogP contribution in [0.15, 0.2) is 30.3 Å². The molecule has 0 radical (unpaired) electrons. The third-order valence-corrected chi connectivity index (χ3v) is 3.41. The average molecular weight is 263 g/mol. The van der Waals surface area contributed by atoms with E-state index in [1.807, 2.05) is 30.3 Å². The summed E-state index contributed by atoms with van der Waals surface area (Å²) in [5.74, 6) is -0.424. The lowest BCUT2D eigenvalue weighted by molar-refractivity contribution is -0.489. The summed E-state index contributed by atoms with van der Waals surface area (Å²) >= 11 is 0. The molecule has 2 atom stereocenters. The zero-order chi connectivity index (χ0) is 14.1. The predicted octanol–water partition coefficient (Wildman–Crippen LogP) is 3.13. The molecular weight excluding hydrogens is 242 g/mol. The summed E-state index contributed by atoms with van der Waals surface area (Å²) < 4.78 is 0. The highest BCUT2D eigenvalue weighted by Crippen LogP contribution is 2.21. The third kappa shape index (κ3) is 5.64. The SMILES string of the molecule is CCCC[C@@H](C[N+](=O)[O-])[C@H](C=O)Cc1ccccc1. The molecule has 0 saturated heterocycles. The van der Waals surface area contributed by atoms with Gasteiger partial charge in [-0.05, 0) is 18.4 Å². The number of carbonyl (C=O) groups is 1. The Morgan fingerprint density at radius 1 is 1.32 bits per heavy atom. The largest absolute Gasteiger partial charge is 0.303 e. The first-order valence-corrected chi connectivity index (χ1v) is 6.78. The Morgan fingerprint density at radius 2 is 2.00 bits per heavy atom. The molecule has 1 aromatic carbocycles. The van der Waals surface area contributed by atoms with Gasteiger partial charge >= 0.3 is 0 Å². The van der Waals surface area contributed by atoms with Crippen molar-refractivity contribution in [2.75, 3.05) is 6.54 Å². The Morgan fingerprint density at radius 3 is 2.53 bits per heavy atom. The average Bonchev–Trinajstić information content (AvgIpc) is 2.41. The highest BCUT2D eigenvalue weighted by molar-refractivity contribution is 5.55. The normalized spacial score (nSPS) is 13.7. The van der Waals surface area contributed by atoms with Gasteiger partial charge in [-0.2, -0.15) is 0 Å². The molecular formula is C15H21NO3. The van der Waals surface area contributed by atoms with E-state index < -0.39 is 0 Å². The number of nitro groups is 1. The van der Waals surface area contributed by atoms with Gasteiger partial charge in [-0.25, -0.2) is 0 Å². The molecule has 0 unspecified atom stereocenters. The van der Waals surface area contributed by atoms with Crippen LogP contribution in [0.25, 0.3) is 0 Å². The number of unbranched alkanes of at least 4 members (excludes halogenated alkanes) is 1. The summed E-state index contributed by atoms with van der Waals surface area (Å²) in [6.07, 6.45) is 4.14. The number of aldehydes is 1. The lowest BCUT2D eigenvalue weighted by Gasteiger charge is -2.19. The Kier molecular flexibility index (Phi) is 6.79. The summed E-state index contributed by atoms with van der Waals surface area (Å²) in [4.78, 5) is 21.7. The first-order valence-electron chi connectivity index (χ1n) is 6.78.